The molecule has 0 unspecified atom stereocenters. The predicted molar refractivity (Wildman–Crippen MR) is 62.7 cm³/mol. The molecule has 74 valence electrons. The van der Waals surface area contributed by atoms with Gasteiger partial charge in [-0.2, -0.15) is 0 Å². The zero-order valence-corrected chi connectivity index (χ0v) is 9.07. The summed E-state index contributed by atoms with van der Waals surface area (Å²) in [6, 6.07) is 16.7. The maximum Gasteiger partial charge on any atom is -0.0140 e. The Morgan fingerprint density at radius 3 is 1.43 bits per heavy atom. The van der Waals surface area contributed by atoms with Gasteiger partial charge in [0.1, 0.15) is 0 Å². The molecule has 0 saturated carbocycles. The molecule has 0 heterocycles. The van der Waals surface area contributed by atoms with Gasteiger partial charge in [0, 0.05) is 0 Å². The van der Waals surface area contributed by atoms with E-state index in [4.69, 9.17) is 0 Å². The Balaban J connectivity index is 0.000000213. The highest BCUT2D eigenvalue weighted by Gasteiger charge is 1.94. The van der Waals surface area contributed by atoms with Crippen LogP contribution in [0.15, 0.2) is 48.5 Å². The maximum absolute atomic E-state index is 2.12. The SMILES string of the molecule is CN(C)C.c1ccc2cccc-2cc1. The van der Waals surface area contributed by atoms with Gasteiger partial charge in [0.15, 0.2) is 0 Å². The minimum atomic E-state index is 1.31. The molecular formula is C13H17N. The van der Waals surface area contributed by atoms with E-state index >= 15 is 0 Å². The van der Waals surface area contributed by atoms with Crippen LogP contribution in [0.3, 0.4) is 0 Å². The third kappa shape index (κ3) is 3.58. The second kappa shape index (κ2) is 5.40. The molecule has 0 aromatic heterocycles. The first-order valence-corrected chi connectivity index (χ1v) is 4.75. The molecule has 0 bridgehead atoms. The first kappa shape index (κ1) is 10.7. The van der Waals surface area contributed by atoms with Crippen molar-refractivity contribution in [1.82, 2.24) is 4.90 Å². The van der Waals surface area contributed by atoms with Gasteiger partial charge in [-0.3, -0.25) is 0 Å². The minimum absolute atomic E-state index is 1.31. The Kier molecular flexibility index (Phi) is 4.14. The fraction of sp³-hybridized carbons (Fsp3) is 0.231. The van der Waals surface area contributed by atoms with Crippen molar-refractivity contribution >= 4 is 0 Å². The molecule has 2 rings (SSSR count). The van der Waals surface area contributed by atoms with E-state index in [-0.39, 0.29) is 0 Å². The first-order chi connectivity index (χ1) is 6.70. The first-order valence-electron chi connectivity index (χ1n) is 4.75. The van der Waals surface area contributed by atoms with Crippen molar-refractivity contribution in [2.45, 2.75) is 0 Å². The van der Waals surface area contributed by atoms with Gasteiger partial charge in [-0.15, -0.1) is 0 Å². The summed E-state index contributed by atoms with van der Waals surface area (Å²) in [5.74, 6) is 0. The van der Waals surface area contributed by atoms with Gasteiger partial charge < -0.3 is 4.90 Å². The van der Waals surface area contributed by atoms with Crippen LogP contribution in [-0.4, -0.2) is 26.0 Å². The van der Waals surface area contributed by atoms with E-state index in [0.29, 0.717) is 0 Å². The molecule has 0 radical (unpaired) electrons. The fourth-order valence-corrected chi connectivity index (χ4v) is 1.13. The largest absolute Gasteiger partial charge is 0.312 e. The van der Waals surface area contributed by atoms with Gasteiger partial charge in [0.2, 0.25) is 0 Å². The number of hydrogen-bond donors (Lipinski definition) is 0. The maximum atomic E-state index is 2.12. The highest BCUT2D eigenvalue weighted by atomic mass is 15.0. The summed E-state index contributed by atoms with van der Waals surface area (Å²) < 4.78 is 0. The molecule has 2 aliphatic rings. The summed E-state index contributed by atoms with van der Waals surface area (Å²) in [5, 5.41) is 0. The van der Waals surface area contributed by atoms with Crippen LogP contribution >= 0.6 is 0 Å². The molecule has 0 N–H and O–H groups in total. The van der Waals surface area contributed by atoms with Crippen molar-refractivity contribution in [2.75, 3.05) is 21.1 Å². The smallest absolute Gasteiger partial charge is 0.0140 e. The lowest BCUT2D eigenvalue weighted by Gasteiger charge is -1.90. The summed E-state index contributed by atoms with van der Waals surface area (Å²) in [4.78, 5) is 2.00. The second-order valence-corrected chi connectivity index (χ2v) is 3.69. The van der Waals surface area contributed by atoms with Crippen molar-refractivity contribution in [3.8, 4) is 11.1 Å². The topological polar surface area (TPSA) is 3.24 Å². The van der Waals surface area contributed by atoms with Crippen molar-refractivity contribution < 1.29 is 0 Å². The quantitative estimate of drug-likeness (QED) is 0.613. The van der Waals surface area contributed by atoms with Gasteiger partial charge in [-0.05, 0) is 32.3 Å². The zero-order valence-electron chi connectivity index (χ0n) is 9.07. The highest BCUT2D eigenvalue weighted by molar-refractivity contribution is 5.65. The number of fused-ring (bicyclic) bond motifs is 1. The van der Waals surface area contributed by atoms with E-state index in [2.05, 4.69) is 42.5 Å². The lowest BCUT2D eigenvalue weighted by molar-refractivity contribution is 0.505. The fourth-order valence-electron chi connectivity index (χ4n) is 1.13. The van der Waals surface area contributed by atoms with Crippen LogP contribution in [0.5, 0.6) is 0 Å². The van der Waals surface area contributed by atoms with Crippen LogP contribution in [0.2, 0.25) is 0 Å². The van der Waals surface area contributed by atoms with E-state index in [1.807, 2.05) is 32.1 Å². The summed E-state index contributed by atoms with van der Waals surface area (Å²) in [7, 11) is 6.00. The number of nitrogens with zero attached hydrogens (tertiary/aromatic N) is 1. The summed E-state index contributed by atoms with van der Waals surface area (Å²) in [6.07, 6.45) is 0. The van der Waals surface area contributed by atoms with E-state index in [1.165, 1.54) is 11.1 Å². The van der Waals surface area contributed by atoms with Crippen molar-refractivity contribution in [3.63, 3.8) is 0 Å². The second-order valence-electron chi connectivity index (χ2n) is 3.69. The van der Waals surface area contributed by atoms with E-state index in [9.17, 15) is 0 Å². The molecule has 0 aromatic carbocycles. The van der Waals surface area contributed by atoms with Crippen LogP contribution in [0.4, 0.5) is 0 Å². The van der Waals surface area contributed by atoms with Gasteiger partial charge in [0.05, 0.1) is 0 Å². The zero-order chi connectivity index (χ0) is 10.4. The molecule has 1 heteroatoms. The summed E-state index contributed by atoms with van der Waals surface area (Å²) in [5.41, 5.74) is 2.62. The van der Waals surface area contributed by atoms with Crippen molar-refractivity contribution in [1.29, 1.82) is 0 Å². The van der Waals surface area contributed by atoms with E-state index in [0.717, 1.165) is 0 Å². The lowest BCUT2D eigenvalue weighted by Crippen LogP contribution is -1.99. The normalized spacial score (nSPS) is 9.71. The van der Waals surface area contributed by atoms with Crippen LogP contribution in [0.1, 0.15) is 0 Å². The number of rotatable bonds is 0. The molecule has 0 aromatic rings. The van der Waals surface area contributed by atoms with Crippen molar-refractivity contribution in [2.24, 2.45) is 0 Å². The molecule has 14 heavy (non-hydrogen) atoms. The van der Waals surface area contributed by atoms with Gasteiger partial charge in [-0.1, -0.05) is 48.5 Å². The third-order valence-electron chi connectivity index (χ3n) is 1.66. The Labute approximate surface area is 86.3 Å². The summed E-state index contributed by atoms with van der Waals surface area (Å²) in [6.45, 7) is 0. The Morgan fingerprint density at radius 2 is 1.00 bits per heavy atom. The molecule has 0 atom stereocenters. The molecule has 2 aliphatic carbocycles. The standard InChI is InChI=1S/C10H8.C3H9N/c1-2-5-9-7-4-8-10(9)6-3-1;1-4(2)3/h1-8H;1-3H3. The monoisotopic (exact) mass is 187 g/mol. The Bertz CT molecular complexity index is 311. The van der Waals surface area contributed by atoms with Gasteiger partial charge in [0.25, 0.3) is 0 Å². The lowest BCUT2D eigenvalue weighted by atomic mass is 10.2. The van der Waals surface area contributed by atoms with Crippen LogP contribution in [-0.2, 0) is 0 Å². The minimum Gasteiger partial charge on any atom is -0.312 e. The predicted octanol–water partition coefficient (Wildman–Crippen LogP) is 2.97. The third-order valence-corrected chi connectivity index (χ3v) is 1.66. The van der Waals surface area contributed by atoms with Gasteiger partial charge >= 0.3 is 0 Å². The summed E-state index contributed by atoms with van der Waals surface area (Å²) >= 11 is 0. The van der Waals surface area contributed by atoms with E-state index in [1.54, 1.807) is 0 Å². The average molecular weight is 187 g/mol. The molecule has 0 saturated heterocycles. The molecule has 0 amide bonds. The highest BCUT2D eigenvalue weighted by Crippen LogP contribution is 2.19. The number of hydrogen-bond acceptors (Lipinski definition) is 1. The van der Waals surface area contributed by atoms with E-state index < -0.39 is 0 Å². The molecule has 0 spiro atoms. The van der Waals surface area contributed by atoms with Gasteiger partial charge in [-0.25, -0.2) is 0 Å². The molecular weight excluding hydrogens is 170 g/mol. The van der Waals surface area contributed by atoms with Crippen LogP contribution in [0, 0.1) is 0 Å². The van der Waals surface area contributed by atoms with Crippen LogP contribution < -0.4 is 0 Å². The van der Waals surface area contributed by atoms with Crippen LogP contribution in [0.25, 0.3) is 11.1 Å². The molecule has 1 nitrogen and oxygen atoms in total. The molecule has 0 fully saturated rings. The molecule has 0 aliphatic heterocycles. The average Bonchev–Trinajstić information content (AvgIpc) is 2.42. The van der Waals surface area contributed by atoms with Crippen molar-refractivity contribution in [3.05, 3.63) is 48.5 Å². The Morgan fingerprint density at radius 1 is 0.643 bits per heavy atom. The Hall–Kier alpha value is -1.34.